The Kier molecular flexibility index (Phi) is 6.67. The van der Waals surface area contributed by atoms with Crippen LogP contribution in [0.5, 0.6) is 0 Å². The summed E-state index contributed by atoms with van der Waals surface area (Å²) in [6.45, 7) is 2.23. The van der Waals surface area contributed by atoms with Gasteiger partial charge < -0.3 is 15.2 Å². The molecule has 0 saturated carbocycles. The Hall–Kier alpha value is -1.14. The van der Waals surface area contributed by atoms with E-state index in [1.807, 2.05) is 0 Å². The molecule has 0 aromatic rings. The van der Waals surface area contributed by atoms with Gasteiger partial charge in [0.15, 0.2) is 0 Å². The summed E-state index contributed by atoms with van der Waals surface area (Å²) >= 11 is 0. The van der Waals surface area contributed by atoms with Gasteiger partial charge in [-0.05, 0) is 7.05 Å². The number of carboxylic acid groups (broad SMARTS) is 1. The summed E-state index contributed by atoms with van der Waals surface area (Å²) in [5.41, 5.74) is 0. The van der Waals surface area contributed by atoms with Gasteiger partial charge in [-0.25, -0.2) is 0 Å². The molecule has 0 bridgehead atoms. The molecule has 6 heteroatoms. The summed E-state index contributed by atoms with van der Waals surface area (Å²) in [5.74, 6) is -1.31. The van der Waals surface area contributed by atoms with Crippen molar-refractivity contribution in [2.24, 2.45) is 5.92 Å². The maximum atomic E-state index is 11.3. The first kappa shape index (κ1) is 14.9. The number of rotatable bonds is 7. The van der Waals surface area contributed by atoms with E-state index >= 15 is 0 Å². The molecule has 2 unspecified atom stereocenters. The van der Waals surface area contributed by atoms with Crippen molar-refractivity contribution in [1.82, 2.24) is 10.2 Å². The topological polar surface area (TPSA) is 78.9 Å². The Morgan fingerprint density at radius 3 is 2.44 bits per heavy atom. The molecular weight excluding hydrogens is 212 g/mol. The maximum Gasteiger partial charge on any atom is 0.323 e. The van der Waals surface area contributed by atoms with E-state index in [-0.39, 0.29) is 18.4 Å². The maximum absolute atomic E-state index is 11.3. The van der Waals surface area contributed by atoms with Crippen LogP contribution < -0.4 is 5.32 Å². The average Bonchev–Trinajstić information content (AvgIpc) is 2.23. The van der Waals surface area contributed by atoms with Crippen LogP contribution in [0, 0.1) is 5.92 Å². The van der Waals surface area contributed by atoms with Gasteiger partial charge in [0.05, 0.1) is 6.61 Å². The van der Waals surface area contributed by atoms with Crippen LogP contribution >= 0.6 is 0 Å². The molecule has 0 aromatic heterocycles. The average molecular weight is 232 g/mol. The van der Waals surface area contributed by atoms with Gasteiger partial charge in [-0.15, -0.1) is 0 Å². The number of carboxylic acids is 1. The lowest BCUT2D eigenvalue weighted by atomic mass is 10.1. The number of carbonyl (C=O) groups is 2. The molecule has 94 valence electrons. The van der Waals surface area contributed by atoms with Crippen molar-refractivity contribution in [2.45, 2.75) is 13.0 Å². The highest BCUT2D eigenvalue weighted by atomic mass is 16.5. The zero-order valence-electron chi connectivity index (χ0n) is 10.2. The Bertz CT molecular complexity index is 245. The molecule has 0 saturated heterocycles. The smallest absolute Gasteiger partial charge is 0.323 e. The van der Waals surface area contributed by atoms with Crippen molar-refractivity contribution in [3.63, 3.8) is 0 Å². The van der Waals surface area contributed by atoms with E-state index in [2.05, 4.69) is 5.32 Å². The van der Waals surface area contributed by atoms with Gasteiger partial charge in [0.25, 0.3) is 0 Å². The van der Waals surface area contributed by atoms with Gasteiger partial charge in [-0.3, -0.25) is 14.5 Å². The highest BCUT2D eigenvalue weighted by Crippen LogP contribution is 2.04. The van der Waals surface area contributed by atoms with Crippen LogP contribution in [0.4, 0.5) is 0 Å². The lowest BCUT2D eigenvalue weighted by Gasteiger charge is -2.26. The lowest BCUT2D eigenvalue weighted by molar-refractivity contribution is -0.145. The van der Waals surface area contributed by atoms with E-state index < -0.39 is 12.0 Å². The van der Waals surface area contributed by atoms with Crippen molar-refractivity contribution in [3.8, 4) is 0 Å². The Morgan fingerprint density at radius 1 is 1.50 bits per heavy atom. The third-order valence-electron chi connectivity index (χ3n) is 2.40. The van der Waals surface area contributed by atoms with Crippen molar-refractivity contribution < 1.29 is 19.4 Å². The van der Waals surface area contributed by atoms with E-state index in [0.717, 1.165) is 0 Å². The first-order chi connectivity index (χ1) is 7.43. The second-order valence-corrected chi connectivity index (χ2v) is 3.76. The predicted molar refractivity (Wildman–Crippen MR) is 59.2 cm³/mol. The molecule has 2 atom stereocenters. The third-order valence-corrected chi connectivity index (χ3v) is 2.40. The first-order valence-electron chi connectivity index (χ1n) is 5.07. The number of methoxy groups -OCH3 is 1. The van der Waals surface area contributed by atoms with Crippen LogP contribution in [0.1, 0.15) is 6.92 Å². The fourth-order valence-electron chi connectivity index (χ4n) is 1.43. The van der Waals surface area contributed by atoms with Crippen LogP contribution in [-0.4, -0.2) is 62.3 Å². The zero-order valence-corrected chi connectivity index (χ0v) is 10.2. The molecular formula is C10H20N2O4. The fraction of sp³-hybridized carbons (Fsp3) is 0.800. The standard InChI is InChI=1S/C10H20N2O4/c1-7(9(13)11-2)5-12(3)8(6-16-4)10(14)15/h7-8H,5-6H2,1-4H3,(H,11,13)(H,14,15). The molecule has 0 aliphatic rings. The molecule has 0 rings (SSSR count). The van der Waals surface area contributed by atoms with Crippen molar-refractivity contribution >= 4 is 11.9 Å². The molecule has 6 nitrogen and oxygen atoms in total. The van der Waals surface area contributed by atoms with Crippen LogP contribution in [0.15, 0.2) is 0 Å². The number of nitrogens with zero attached hydrogens (tertiary/aromatic N) is 1. The van der Waals surface area contributed by atoms with Gasteiger partial charge in [-0.1, -0.05) is 6.92 Å². The molecule has 0 radical (unpaired) electrons. The monoisotopic (exact) mass is 232 g/mol. The number of aliphatic carboxylic acids is 1. The second-order valence-electron chi connectivity index (χ2n) is 3.76. The number of nitrogens with one attached hydrogen (secondary N) is 1. The molecule has 0 aromatic carbocycles. The predicted octanol–water partition coefficient (Wildman–Crippen LogP) is -0.600. The number of amides is 1. The first-order valence-corrected chi connectivity index (χ1v) is 5.07. The van der Waals surface area contributed by atoms with Gasteiger partial charge in [0.2, 0.25) is 5.91 Å². The van der Waals surface area contributed by atoms with Crippen molar-refractivity contribution in [2.75, 3.05) is 34.4 Å². The fourth-order valence-corrected chi connectivity index (χ4v) is 1.43. The molecule has 16 heavy (non-hydrogen) atoms. The van der Waals surface area contributed by atoms with E-state index in [1.165, 1.54) is 7.11 Å². The van der Waals surface area contributed by atoms with Gasteiger partial charge >= 0.3 is 5.97 Å². The van der Waals surface area contributed by atoms with Gasteiger partial charge in [0.1, 0.15) is 6.04 Å². The molecule has 0 aliphatic heterocycles. The molecule has 0 spiro atoms. The van der Waals surface area contributed by atoms with Crippen LogP contribution in [0.25, 0.3) is 0 Å². The quantitative estimate of drug-likeness (QED) is 0.613. The zero-order chi connectivity index (χ0) is 12.7. The SMILES string of the molecule is CNC(=O)C(C)CN(C)C(COC)C(=O)O. The highest BCUT2D eigenvalue weighted by molar-refractivity contribution is 5.78. The van der Waals surface area contributed by atoms with Crippen molar-refractivity contribution in [3.05, 3.63) is 0 Å². The number of ether oxygens (including phenoxy) is 1. The van der Waals surface area contributed by atoms with Crippen molar-refractivity contribution in [1.29, 1.82) is 0 Å². The number of hydrogen-bond acceptors (Lipinski definition) is 4. The largest absolute Gasteiger partial charge is 0.480 e. The Morgan fingerprint density at radius 2 is 2.06 bits per heavy atom. The lowest BCUT2D eigenvalue weighted by Crippen LogP contribution is -2.45. The summed E-state index contributed by atoms with van der Waals surface area (Å²) in [4.78, 5) is 23.8. The molecule has 1 amide bonds. The van der Waals surface area contributed by atoms with E-state index in [9.17, 15) is 9.59 Å². The minimum absolute atomic E-state index is 0.103. The normalized spacial score (nSPS) is 14.6. The minimum atomic E-state index is -0.951. The summed E-state index contributed by atoms with van der Waals surface area (Å²) < 4.78 is 4.83. The van der Waals surface area contributed by atoms with Gasteiger partial charge in [-0.2, -0.15) is 0 Å². The highest BCUT2D eigenvalue weighted by Gasteiger charge is 2.25. The molecule has 2 N–H and O–H groups in total. The van der Waals surface area contributed by atoms with Gasteiger partial charge in [0, 0.05) is 26.6 Å². The third kappa shape index (κ3) is 4.59. The number of carbonyl (C=O) groups excluding carboxylic acids is 1. The minimum Gasteiger partial charge on any atom is -0.480 e. The Labute approximate surface area is 95.6 Å². The van der Waals surface area contributed by atoms with Crippen LogP contribution in [0.3, 0.4) is 0 Å². The summed E-state index contributed by atoms with van der Waals surface area (Å²) in [6.07, 6.45) is 0. The molecule has 0 fully saturated rings. The van der Waals surface area contributed by atoms with Crippen LogP contribution in [0.2, 0.25) is 0 Å². The molecule has 0 heterocycles. The summed E-state index contributed by atoms with van der Waals surface area (Å²) in [6, 6.07) is -0.725. The molecule has 0 aliphatic carbocycles. The summed E-state index contributed by atoms with van der Waals surface area (Å²) in [5, 5.41) is 11.5. The summed E-state index contributed by atoms with van der Waals surface area (Å²) in [7, 11) is 4.67. The number of hydrogen-bond donors (Lipinski definition) is 2. The van der Waals surface area contributed by atoms with E-state index in [1.54, 1.807) is 25.9 Å². The van der Waals surface area contributed by atoms with E-state index in [4.69, 9.17) is 9.84 Å². The Balaban J connectivity index is 4.34. The van der Waals surface area contributed by atoms with E-state index in [0.29, 0.717) is 6.54 Å². The number of likely N-dealkylation sites (N-methyl/N-ethyl adjacent to an activating group) is 1. The van der Waals surface area contributed by atoms with Crippen LogP contribution in [-0.2, 0) is 14.3 Å². The second kappa shape index (κ2) is 7.19.